The van der Waals surface area contributed by atoms with Crippen LogP contribution in [0.25, 0.3) is 5.69 Å². The summed E-state index contributed by atoms with van der Waals surface area (Å²) in [7, 11) is 1.61. The highest BCUT2D eigenvalue weighted by Gasteiger charge is 2.17. The molecule has 3 rings (SSSR count). The Morgan fingerprint density at radius 1 is 1.16 bits per heavy atom. The fraction of sp³-hybridized carbons (Fsp3) is 0.167. The zero-order chi connectivity index (χ0) is 17.6. The van der Waals surface area contributed by atoms with Crippen molar-refractivity contribution in [3.63, 3.8) is 0 Å². The number of nitrogens with one attached hydrogen (secondary N) is 1. The van der Waals surface area contributed by atoms with Gasteiger partial charge in [-0.15, -0.1) is 5.10 Å². The highest BCUT2D eigenvalue weighted by atomic mass is 32.2. The summed E-state index contributed by atoms with van der Waals surface area (Å²) in [5.74, 6) is 0.641. The lowest BCUT2D eigenvalue weighted by Gasteiger charge is -2.10. The van der Waals surface area contributed by atoms with Gasteiger partial charge in [-0.3, -0.25) is 4.79 Å². The van der Waals surface area contributed by atoms with Crippen molar-refractivity contribution in [3.8, 4) is 11.4 Å². The van der Waals surface area contributed by atoms with E-state index in [2.05, 4.69) is 15.4 Å². The zero-order valence-electron chi connectivity index (χ0n) is 13.9. The summed E-state index contributed by atoms with van der Waals surface area (Å²) < 4.78 is 6.79. The van der Waals surface area contributed by atoms with Gasteiger partial charge in [-0.2, -0.15) is 0 Å². The maximum Gasteiger partial charge on any atom is 0.237 e. The lowest BCUT2D eigenvalue weighted by atomic mass is 10.3. The van der Waals surface area contributed by atoms with Crippen molar-refractivity contribution in [1.82, 2.24) is 14.8 Å². The number of carbonyl (C=O) groups excluding carboxylic acids is 1. The molecule has 7 heteroatoms. The number of methoxy groups -OCH3 is 1. The van der Waals surface area contributed by atoms with Crippen LogP contribution in [-0.4, -0.2) is 33.0 Å². The van der Waals surface area contributed by atoms with E-state index < -0.39 is 0 Å². The van der Waals surface area contributed by atoms with Crippen molar-refractivity contribution in [3.05, 3.63) is 60.9 Å². The van der Waals surface area contributed by atoms with E-state index in [4.69, 9.17) is 4.74 Å². The average Bonchev–Trinajstić information content (AvgIpc) is 3.11. The van der Waals surface area contributed by atoms with Crippen LogP contribution < -0.4 is 10.1 Å². The van der Waals surface area contributed by atoms with Crippen molar-refractivity contribution in [1.29, 1.82) is 0 Å². The first-order chi connectivity index (χ1) is 12.2. The van der Waals surface area contributed by atoms with E-state index in [1.54, 1.807) is 42.4 Å². The number of ether oxygens (including phenoxy) is 1. The topological polar surface area (TPSA) is 69.0 Å². The second-order valence-electron chi connectivity index (χ2n) is 5.29. The molecule has 1 unspecified atom stereocenters. The van der Waals surface area contributed by atoms with E-state index in [9.17, 15) is 4.79 Å². The summed E-state index contributed by atoms with van der Waals surface area (Å²) in [6, 6.07) is 16.9. The van der Waals surface area contributed by atoms with E-state index in [0.717, 1.165) is 17.1 Å². The molecule has 1 atom stereocenters. The molecule has 1 aromatic heterocycles. The fourth-order valence-electron chi connectivity index (χ4n) is 2.14. The van der Waals surface area contributed by atoms with Crippen molar-refractivity contribution >= 4 is 23.4 Å². The summed E-state index contributed by atoms with van der Waals surface area (Å²) in [6.07, 6.45) is 1.64. The third-order valence-electron chi connectivity index (χ3n) is 3.50. The quantitative estimate of drug-likeness (QED) is 0.687. The molecule has 3 aromatic rings. The number of thioether (sulfide) groups is 1. The van der Waals surface area contributed by atoms with Crippen molar-refractivity contribution in [2.24, 2.45) is 0 Å². The van der Waals surface area contributed by atoms with E-state index >= 15 is 0 Å². The molecule has 0 aliphatic carbocycles. The molecule has 1 N–H and O–H groups in total. The van der Waals surface area contributed by atoms with Gasteiger partial charge in [0.2, 0.25) is 11.1 Å². The van der Waals surface area contributed by atoms with Crippen molar-refractivity contribution < 1.29 is 9.53 Å². The number of nitrogens with zero attached hydrogens (tertiary/aromatic N) is 3. The Labute approximate surface area is 150 Å². The normalized spacial score (nSPS) is 11.8. The molecule has 0 spiro atoms. The Kier molecular flexibility index (Phi) is 5.35. The monoisotopic (exact) mass is 354 g/mol. The Balaban J connectivity index is 1.60. The van der Waals surface area contributed by atoms with Gasteiger partial charge in [-0.25, -0.2) is 9.67 Å². The van der Waals surface area contributed by atoms with Crippen LogP contribution in [0.4, 0.5) is 5.69 Å². The molecular formula is C18H18N4O2S. The molecule has 0 aliphatic heterocycles. The van der Waals surface area contributed by atoms with Crippen LogP contribution in [0.5, 0.6) is 5.75 Å². The summed E-state index contributed by atoms with van der Waals surface area (Å²) in [5.41, 5.74) is 1.65. The van der Waals surface area contributed by atoms with Crippen molar-refractivity contribution in [2.45, 2.75) is 17.3 Å². The number of aromatic nitrogens is 3. The molecule has 0 fully saturated rings. The second-order valence-corrected chi connectivity index (χ2v) is 6.59. The number of amides is 1. The van der Waals surface area contributed by atoms with Gasteiger partial charge in [0.15, 0.2) is 0 Å². The van der Waals surface area contributed by atoms with Crippen LogP contribution in [0, 0.1) is 0 Å². The minimum atomic E-state index is -0.325. The molecule has 128 valence electrons. The van der Waals surface area contributed by atoms with Gasteiger partial charge >= 0.3 is 0 Å². The maximum absolute atomic E-state index is 12.3. The predicted molar refractivity (Wildman–Crippen MR) is 98.3 cm³/mol. The number of para-hydroxylation sites is 1. The largest absolute Gasteiger partial charge is 0.497 e. The molecule has 2 aromatic carbocycles. The van der Waals surface area contributed by atoms with Crippen molar-refractivity contribution in [2.75, 3.05) is 12.4 Å². The minimum Gasteiger partial charge on any atom is -0.497 e. The number of carbonyl (C=O) groups is 1. The highest BCUT2D eigenvalue weighted by Crippen LogP contribution is 2.22. The molecule has 0 saturated heterocycles. The number of benzene rings is 2. The summed E-state index contributed by atoms with van der Waals surface area (Å²) >= 11 is 1.31. The van der Waals surface area contributed by atoms with Gasteiger partial charge in [-0.05, 0) is 43.3 Å². The van der Waals surface area contributed by atoms with Crippen LogP contribution in [0.1, 0.15) is 6.92 Å². The standard InChI is InChI=1S/C18H18N4O2S/c1-13(17(23)20-14-8-10-16(24-2)11-9-14)25-18-19-12-22(21-18)15-6-4-3-5-7-15/h3-13H,1-2H3,(H,20,23). The van der Waals surface area contributed by atoms with Crippen LogP contribution in [0.2, 0.25) is 0 Å². The Morgan fingerprint density at radius 2 is 1.88 bits per heavy atom. The predicted octanol–water partition coefficient (Wildman–Crippen LogP) is 3.40. The highest BCUT2D eigenvalue weighted by molar-refractivity contribution is 8.00. The molecule has 0 bridgehead atoms. The van der Waals surface area contributed by atoms with E-state index in [1.165, 1.54) is 11.8 Å². The van der Waals surface area contributed by atoms with Crippen LogP contribution in [-0.2, 0) is 4.79 Å². The molecule has 25 heavy (non-hydrogen) atoms. The third-order valence-corrected chi connectivity index (χ3v) is 4.47. The minimum absolute atomic E-state index is 0.105. The SMILES string of the molecule is COc1ccc(NC(=O)C(C)Sc2ncn(-c3ccccc3)n2)cc1. The van der Waals surface area contributed by atoms with Gasteiger partial charge < -0.3 is 10.1 Å². The molecule has 0 radical (unpaired) electrons. The first-order valence-electron chi connectivity index (χ1n) is 7.74. The number of anilines is 1. The third kappa shape index (κ3) is 4.39. The molecule has 6 nitrogen and oxygen atoms in total. The Bertz CT molecular complexity index is 834. The molecule has 1 heterocycles. The molecular weight excluding hydrogens is 336 g/mol. The summed E-state index contributed by atoms with van der Waals surface area (Å²) in [5, 5.41) is 7.51. The number of rotatable bonds is 6. The first-order valence-corrected chi connectivity index (χ1v) is 8.62. The summed E-state index contributed by atoms with van der Waals surface area (Å²) in [4.78, 5) is 16.6. The smallest absolute Gasteiger partial charge is 0.237 e. The van der Waals surface area contributed by atoms with Gasteiger partial charge in [0.1, 0.15) is 12.1 Å². The zero-order valence-corrected chi connectivity index (χ0v) is 14.7. The van der Waals surface area contributed by atoms with E-state index in [-0.39, 0.29) is 11.2 Å². The van der Waals surface area contributed by atoms with Crippen LogP contribution >= 0.6 is 11.8 Å². The molecule has 0 saturated carbocycles. The van der Waals surface area contributed by atoms with E-state index in [0.29, 0.717) is 5.16 Å². The molecule has 0 aliphatic rings. The van der Waals surface area contributed by atoms with Gasteiger partial charge in [0.25, 0.3) is 0 Å². The Hall–Kier alpha value is -2.80. The Morgan fingerprint density at radius 3 is 2.56 bits per heavy atom. The molecule has 1 amide bonds. The first kappa shape index (κ1) is 17.0. The maximum atomic E-state index is 12.3. The van der Waals surface area contributed by atoms with Gasteiger partial charge in [0.05, 0.1) is 18.0 Å². The second kappa shape index (κ2) is 7.85. The number of hydrogen-bond acceptors (Lipinski definition) is 5. The summed E-state index contributed by atoms with van der Waals surface area (Å²) in [6.45, 7) is 1.83. The van der Waals surface area contributed by atoms with Gasteiger partial charge in [-0.1, -0.05) is 30.0 Å². The van der Waals surface area contributed by atoms with Crippen LogP contribution in [0.3, 0.4) is 0 Å². The average molecular weight is 354 g/mol. The number of hydrogen-bond donors (Lipinski definition) is 1. The van der Waals surface area contributed by atoms with E-state index in [1.807, 2.05) is 37.3 Å². The fourth-order valence-corrected chi connectivity index (χ4v) is 2.86. The van der Waals surface area contributed by atoms with Gasteiger partial charge in [0, 0.05) is 5.69 Å². The lowest BCUT2D eigenvalue weighted by Crippen LogP contribution is -2.22. The van der Waals surface area contributed by atoms with Crippen LogP contribution in [0.15, 0.2) is 66.1 Å². The lowest BCUT2D eigenvalue weighted by molar-refractivity contribution is -0.115.